The predicted octanol–water partition coefficient (Wildman–Crippen LogP) is 15.2. The van der Waals surface area contributed by atoms with E-state index in [0.717, 1.165) is 51.2 Å². The molecular formula is C62H49BN4. The van der Waals surface area contributed by atoms with Gasteiger partial charge in [0.25, 0.3) is 6.71 Å². The maximum Gasteiger partial charge on any atom is 0.252 e. The summed E-state index contributed by atoms with van der Waals surface area (Å²) in [7, 11) is 0. The minimum absolute atomic E-state index is 0.0965. The highest BCUT2D eigenvalue weighted by Crippen LogP contribution is 2.50. The third-order valence-electron chi connectivity index (χ3n) is 13.5. The van der Waals surface area contributed by atoms with Crippen LogP contribution in [0.15, 0.2) is 243 Å². The van der Waals surface area contributed by atoms with Gasteiger partial charge < -0.3 is 19.6 Å². The third-order valence-corrected chi connectivity index (χ3v) is 13.5. The van der Waals surface area contributed by atoms with Crippen LogP contribution < -0.4 is 36.0 Å². The molecule has 0 N–H and O–H groups in total. The molecule has 0 fully saturated rings. The lowest BCUT2D eigenvalue weighted by Gasteiger charge is -2.46. The lowest BCUT2D eigenvalue weighted by molar-refractivity contribution is 0.590. The van der Waals surface area contributed by atoms with Gasteiger partial charge in [-0.3, -0.25) is 0 Å². The normalized spacial score (nSPS) is 12.6. The van der Waals surface area contributed by atoms with Gasteiger partial charge in [-0.1, -0.05) is 160 Å². The van der Waals surface area contributed by atoms with E-state index in [1.165, 1.54) is 49.8 Å². The van der Waals surface area contributed by atoms with E-state index in [0.29, 0.717) is 0 Å². The van der Waals surface area contributed by atoms with E-state index in [9.17, 15) is 0 Å². The molecule has 0 aromatic heterocycles. The van der Waals surface area contributed by atoms with Crippen LogP contribution in [0.5, 0.6) is 0 Å². The van der Waals surface area contributed by atoms with Gasteiger partial charge in [-0.15, -0.1) is 0 Å². The van der Waals surface area contributed by atoms with Crippen LogP contribution in [0.25, 0.3) is 10.8 Å². The second-order valence-corrected chi connectivity index (χ2v) is 18.6. The molecule has 2 aliphatic rings. The zero-order valence-electron chi connectivity index (χ0n) is 38.0. The van der Waals surface area contributed by atoms with Gasteiger partial charge in [0.05, 0.1) is 5.69 Å². The highest BCUT2D eigenvalue weighted by molar-refractivity contribution is 7.01. The van der Waals surface area contributed by atoms with Gasteiger partial charge in [0.15, 0.2) is 0 Å². The number of fused-ring (bicyclic) bond motifs is 6. The summed E-state index contributed by atoms with van der Waals surface area (Å²) in [5, 5.41) is 2.42. The van der Waals surface area contributed by atoms with Crippen LogP contribution in [-0.4, -0.2) is 6.71 Å². The standard InChI is InChI=1S/C62H49BN4/c1-62(2,3)44-40-57-61-58(41-44)67(50-34-20-9-21-35-50)59-43-55(65(47-28-14-6-15-29-47)48-30-16-7-17-31-48)52-36-22-23-37-53(52)60(59)63(61)54-39-38-51(42-56(54)66(57)49-32-18-8-19-33-49)64(45-24-10-4-11-25-45)46-26-12-5-13-27-46/h4-43H,1-3H3. The fourth-order valence-electron chi connectivity index (χ4n) is 10.5. The summed E-state index contributed by atoms with van der Waals surface area (Å²) >= 11 is 0. The second kappa shape index (κ2) is 16.3. The Kier molecular flexibility index (Phi) is 9.80. The molecule has 10 aromatic carbocycles. The zero-order valence-corrected chi connectivity index (χ0v) is 38.0. The van der Waals surface area contributed by atoms with Crippen molar-refractivity contribution in [1.82, 2.24) is 0 Å². The summed E-state index contributed by atoms with van der Waals surface area (Å²) < 4.78 is 0. The summed E-state index contributed by atoms with van der Waals surface area (Å²) in [6.45, 7) is 6.92. The molecular weight excluding hydrogens is 812 g/mol. The van der Waals surface area contributed by atoms with Crippen molar-refractivity contribution in [1.29, 1.82) is 0 Å². The number of rotatable bonds is 8. The van der Waals surface area contributed by atoms with E-state index >= 15 is 0 Å². The number of hydrogen-bond donors (Lipinski definition) is 0. The molecule has 0 atom stereocenters. The van der Waals surface area contributed by atoms with Crippen molar-refractivity contribution in [2.75, 3.05) is 19.6 Å². The Morgan fingerprint density at radius 3 is 1.22 bits per heavy atom. The molecule has 0 radical (unpaired) electrons. The summed E-state index contributed by atoms with van der Waals surface area (Å²) in [6, 6.07) is 88.7. The molecule has 0 amide bonds. The molecule has 12 rings (SSSR count). The number of hydrogen-bond acceptors (Lipinski definition) is 4. The molecule has 0 spiro atoms. The number of para-hydroxylation sites is 6. The molecule has 0 bridgehead atoms. The topological polar surface area (TPSA) is 13.0 Å². The minimum Gasteiger partial charge on any atom is -0.311 e. The average Bonchev–Trinajstić information content (AvgIpc) is 3.38. The van der Waals surface area contributed by atoms with Crippen molar-refractivity contribution in [2.24, 2.45) is 0 Å². The first kappa shape index (κ1) is 40.3. The molecule has 4 nitrogen and oxygen atoms in total. The van der Waals surface area contributed by atoms with Gasteiger partial charge in [-0.2, -0.15) is 0 Å². The minimum atomic E-state index is -0.155. The Labute approximate surface area is 394 Å². The Morgan fingerprint density at radius 2 is 0.746 bits per heavy atom. The van der Waals surface area contributed by atoms with Crippen LogP contribution in [0.2, 0.25) is 0 Å². The molecule has 0 aliphatic carbocycles. The molecule has 0 saturated heterocycles. The van der Waals surface area contributed by atoms with E-state index in [4.69, 9.17) is 0 Å². The first-order valence-corrected chi connectivity index (χ1v) is 23.3. The van der Waals surface area contributed by atoms with E-state index in [1.807, 2.05) is 0 Å². The molecule has 0 saturated carbocycles. The van der Waals surface area contributed by atoms with Crippen LogP contribution in [0.3, 0.4) is 0 Å². The van der Waals surface area contributed by atoms with Crippen molar-refractivity contribution in [3.8, 4) is 0 Å². The predicted molar refractivity (Wildman–Crippen MR) is 286 cm³/mol. The first-order chi connectivity index (χ1) is 32.9. The van der Waals surface area contributed by atoms with Crippen LogP contribution in [0.4, 0.5) is 68.2 Å². The lowest BCUT2D eigenvalue weighted by atomic mass is 9.32. The summed E-state index contributed by atoms with van der Waals surface area (Å²) in [4.78, 5) is 9.90. The van der Waals surface area contributed by atoms with Crippen molar-refractivity contribution in [2.45, 2.75) is 26.2 Å². The molecule has 5 heteroatoms. The average molecular weight is 861 g/mol. The Bertz CT molecular complexity index is 3300. The molecule has 2 heterocycles. The van der Waals surface area contributed by atoms with Crippen molar-refractivity contribution < 1.29 is 0 Å². The monoisotopic (exact) mass is 860 g/mol. The molecule has 67 heavy (non-hydrogen) atoms. The maximum absolute atomic E-state index is 2.55. The smallest absolute Gasteiger partial charge is 0.252 e. The van der Waals surface area contributed by atoms with Crippen LogP contribution in [0.1, 0.15) is 26.3 Å². The number of anilines is 12. The molecule has 10 aromatic rings. The van der Waals surface area contributed by atoms with Gasteiger partial charge >= 0.3 is 0 Å². The zero-order chi connectivity index (χ0) is 45.1. The SMILES string of the molecule is CC(C)(C)c1cc2c3c(c1)N(c1ccccc1)c1cc(N(c4ccccc4)c4ccccc4)c4ccccc4c1B3c1ccc(N(c3ccccc3)c3ccccc3)cc1N2c1ccccc1. The molecule has 2 aliphatic heterocycles. The van der Waals surface area contributed by atoms with Crippen molar-refractivity contribution >= 4 is 102 Å². The lowest BCUT2D eigenvalue weighted by Crippen LogP contribution is -2.61. The van der Waals surface area contributed by atoms with Crippen LogP contribution in [-0.2, 0) is 5.41 Å². The number of benzene rings is 10. The largest absolute Gasteiger partial charge is 0.311 e. The van der Waals surface area contributed by atoms with E-state index in [2.05, 4.69) is 283 Å². The highest BCUT2D eigenvalue weighted by atomic mass is 15.2. The fraction of sp³-hybridized carbons (Fsp3) is 0.0645. The van der Waals surface area contributed by atoms with E-state index < -0.39 is 0 Å². The summed E-state index contributed by atoms with van der Waals surface area (Å²) in [6.07, 6.45) is 0. The Morgan fingerprint density at radius 1 is 0.343 bits per heavy atom. The second-order valence-electron chi connectivity index (χ2n) is 18.6. The van der Waals surface area contributed by atoms with E-state index in [-0.39, 0.29) is 12.1 Å². The quantitative estimate of drug-likeness (QED) is 0.141. The summed E-state index contributed by atoms with van der Waals surface area (Å²) in [5.74, 6) is 0. The summed E-state index contributed by atoms with van der Waals surface area (Å²) in [5.41, 5.74) is 18.6. The third kappa shape index (κ3) is 6.85. The van der Waals surface area contributed by atoms with E-state index in [1.54, 1.807) is 0 Å². The molecule has 320 valence electrons. The maximum atomic E-state index is 2.55. The van der Waals surface area contributed by atoms with Gasteiger partial charge in [0.2, 0.25) is 0 Å². The van der Waals surface area contributed by atoms with Gasteiger partial charge in [0, 0.05) is 67.9 Å². The van der Waals surface area contributed by atoms with Crippen LogP contribution >= 0.6 is 0 Å². The van der Waals surface area contributed by atoms with Gasteiger partial charge in [0.1, 0.15) is 0 Å². The van der Waals surface area contributed by atoms with Crippen LogP contribution in [0, 0.1) is 0 Å². The number of nitrogens with zero attached hydrogens (tertiary/aromatic N) is 4. The first-order valence-electron chi connectivity index (χ1n) is 23.3. The fourth-order valence-corrected chi connectivity index (χ4v) is 10.5. The van der Waals surface area contributed by atoms with Crippen molar-refractivity contribution in [3.63, 3.8) is 0 Å². The molecule has 0 unspecified atom stereocenters. The van der Waals surface area contributed by atoms with Gasteiger partial charge in [-0.25, -0.2) is 0 Å². The Balaban J connectivity index is 1.21. The highest BCUT2D eigenvalue weighted by Gasteiger charge is 2.45. The van der Waals surface area contributed by atoms with Gasteiger partial charge in [-0.05, 0) is 136 Å². The van der Waals surface area contributed by atoms with Crippen molar-refractivity contribution in [3.05, 3.63) is 248 Å². The Hall–Kier alpha value is -8.28.